The van der Waals surface area contributed by atoms with Crippen molar-refractivity contribution in [3.63, 3.8) is 0 Å². The third-order valence-electron chi connectivity index (χ3n) is 3.72. The fourth-order valence-electron chi connectivity index (χ4n) is 2.74. The third-order valence-corrected chi connectivity index (χ3v) is 4.52. The zero-order chi connectivity index (χ0) is 13.5. The number of fused-ring (bicyclic) bond motifs is 2. The average molecular weight is 282 g/mol. The molecule has 4 nitrogen and oxygen atoms in total. The Hall–Kier alpha value is -2.14. The van der Waals surface area contributed by atoms with Crippen LogP contribution in [-0.2, 0) is 13.0 Å². The van der Waals surface area contributed by atoms with Crippen molar-refractivity contribution < 1.29 is 0 Å². The number of benzene rings is 1. The number of para-hydroxylation sites is 1. The van der Waals surface area contributed by atoms with Gasteiger partial charge < -0.3 is 10.6 Å². The molecule has 0 fully saturated rings. The lowest BCUT2D eigenvalue weighted by Crippen LogP contribution is -2.21. The molecule has 100 valence electrons. The Labute approximate surface area is 120 Å². The van der Waals surface area contributed by atoms with Crippen LogP contribution in [0.4, 0.5) is 11.5 Å². The molecule has 0 amide bonds. The SMILES string of the molecule is Nc1nc(CN2CCc3ccccc32)nc2sccc12. The molecule has 4 rings (SSSR count). The van der Waals surface area contributed by atoms with E-state index in [1.165, 1.54) is 11.3 Å². The molecule has 0 bridgehead atoms. The van der Waals surface area contributed by atoms with E-state index >= 15 is 0 Å². The smallest absolute Gasteiger partial charge is 0.151 e. The average Bonchev–Trinajstić information content (AvgIpc) is 3.07. The maximum absolute atomic E-state index is 6.01. The van der Waals surface area contributed by atoms with Crippen LogP contribution in [0.3, 0.4) is 0 Å². The third kappa shape index (κ3) is 1.82. The second-order valence-corrected chi connectivity index (χ2v) is 5.86. The molecule has 0 atom stereocenters. The van der Waals surface area contributed by atoms with Gasteiger partial charge in [-0.05, 0) is 29.5 Å². The van der Waals surface area contributed by atoms with E-state index in [0.29, 0.717) is 5.82 Å². The van der Waals surface area contributed by atoms with Crippen LogP contribution < -0.4 is 10.6 Å². The van der Waals surface area contributed by atoms with Gasteiger partial charge >= 0.3 is 0 Å². The first-order valence-corrected chi connectivity index (χ1v) is 7.52. The number of rotatable bonds is 2. The first kappa shape index (κ1) is 11.7. The number of nitrogens with two attached hydrogens (primary N) is 1. The van der Waals surface area contributed by atoms with Crippen molar-refractivity contribution in [3.8, 4) is 0 Å². The first-order chi connectivity index (χ1) is 9.81. The van der Waals surface area contributed by atoms with E-state index < -0.39 is 0 Å². The van der Waals surface area contributed by atoms with E-state index in [9.17, 15) is 0 Å². The van der Waals surface area contributed by atoms with Gasteiger partial charge in [-0.15, -0.1) is 11.3 Å². The Kier molecular flexibility index (Phi) is 2.60. The molecule has 1 aliphatic rings. The largest absolute Gasteiger partial charge is 0.383 e. The second kappa shape index (κ2) is 4.45. The van der Waals surface area contributed by atoms with Crippen LogP contribution in [-0.4, -0.2) is 16.5 Å². The van der Waals surface area contributed by atoms with Crippen LogP contribution in [0.1, 0.15) is 11.4 Å². The highest BCUT2D eigenvalue weighted by Crippen LogP contribution is 2.29. The molecule has 0 saturated heterocycles. The van der Waals surface area contributed by atoms with Gasteiger partial charge in [0.15, 0.2) is 5.82 Å². The summed E-state index contributed by atoms with van der Waals surface area (Å²) in [6.07, 6.45) is 1.09. The number of anilines is 2. The van der Waals surface area contributed by atoms with Crippen molar-refractivity contribution in [3.05, 3.63) is 47.1 Å². The summed E-state index contributed by atoms with van der Waals surface area (Å²) in [5.41, 5.74) is 8.70. The Bertz CT molecular complexity index is 780. The van der Waals surface area contributed by atoms with Gasteiger partial charge in [-0.25, -0.2) is 9.97 Å². The number of hydrogen-bond donors (Lipinski definition) is 1. The lowest BCUT2D eigenvalue weighted by molar-refractivity contribution is 0.793. The number of hydrogen-bond acceptors (Lipinski definition) is 5. The lowest BCUT2D eigenvalue weighted by Gasteiger charge is -2.18. The molecular weight excluding hydrogens is 268 g/mol. The normalized spacial score (nSPS) is 13.9. The lowest BCUT2D eigenvalue weighted by atomic mass is 10.2. The summed E-state index contributed by atoms with van der Waals surface area (Å²) in [5.74, 6) is 1.38. The van der Waals surface area contributed by atoms with Crippen molar-refractivity contribution in [1.82, 2.24) is 9.97 Å². The van der Waals surface area contributed by atoms with Gasteiger partial charge in [-0.2, -0.15) is 0 Å². The predicted octanol–water partition coefficient (Wildman–Crippen LogP) is 2.84. The van der Waals surface area contributed by atoms with Crippen molar-refractivity contribution in [2.45, 2.75) is 13.0 Å². The minimum absolute atomic E-state index is 0.582. The Morgan fingerprint density at radius 3 is 3.05 bits per heavy atom. The summed E-state index contributed by atoms with van der Waals surface area (Å²) >= 11 is 1.61. The molecule has 0 spiro atoms. The molecule has 20 heavy (non-hydrogen) atoms. The van der Waals surface area contributed by atoms with E-state index in [0.717, 1.165) is 35.6 Å². The number of aromatic nitrogens is 2. The summed E-state index contributed by atoms with van der Waals surface area (Å²) in [5, 5.41) is 2.96. The highest BCUT2D eigenvalue weighted by Gasteiger charge is 2.19. The summed E-state index contributed by atoms with van der Waals surface area (Å²) in [4.78, 5) is 12.4. The highest BCUT2D eigenvalue weighted by molar-refractivity contribution is 7.16. The maximum atomic E-state index is 6.01. The van der Waals surface area contributed by atoms with E-state index in [1.54, 1.807) is 11.3 Å². The number of nitrogen functional groups attached to an aromatic ring is 1. The first-order valence-electron chi connectivity index (χ1n) is 6.64. The summed E-state index contributed by atoms with van der Waals surface area (Å²) in [6.45, 7) is 1.74. The molecule has 3 heterocycles. The van der Waals surface area contributed by atoms with Crippen molar-refractivity contribution in [2.24, 2.45) is 0 Å². The van der Waals surface area contributed by atoms with E-state index in [1.807, 2.05) is 11.4 Å². The molecule has 0 aliphatic carbocycles. The monoisotopic (exact) mass is 282 g/mol. The van der Waals surface area contributed by atoms with Crippen LogP contribution >= 0.6 is 11.3 Å². The van der Waals surface area contributed by atoms with Gasteiger partial charge in [0.1, 0.15) is 10.6 Å². The molecule has 2 N–H and O–H groups in total. The van der Waals surface area contributed by atoms with Crippen LogP contribution in [0.2, 0.25) is 0 Å². The van der Waals surface area contributed by atoms with Crippen LogP contribution in [0.25, 0.3) is 10.2 Å². The van der Waals surface area contributed by atoms with Gasteiger partial charge in [0.25, 0.3) is 0 Å². The fourth-order valence-corrected chi connectivity index (χ4v) is 3.53. The zero-order valence-electron chi connectivity index (χ0n) is 10.9. The standard InChI is InChI=1S/C15H14N4S/c16-14-11-6-8-20-15(11)18-13(17-14)9-19-7-5-10-3-1-2-4-12(10)19/h1-4,6,8H,5,7,9H2,(H2,16,17,18). The Morgan fingerprint density at radius 1 is 1.20 bits per heavy atom. The second-order valence-electron chi connectivity index (χ2n) is 4.96. The molecule has 0 radical (unpaired) electrons. The predicted molar refractivity (Wildman–Crippen MR) is 83.0 cm³/mol. The van der Waals surface area contributed by atoms with Crippen LogP contribution in [0.15, 0.2) is 35.7 Å². The molecule has 0 saturated carbocycles. The molecule has 2 aromatic heterocycles. The van der Waals surface area contributed by atoms with Gasteiger partial charge in [-0.1, -0.05) is 18.2 Å². The summed E-state index contributed by atoms with van der Waals surface area (Å²) in [7, 11) is 0. The van der Waals surface area contributed by atoms with E-state index in [4.69, 9.17) is 5.73 Å². The molecule has 3 aromatic rings. The minimum atomic E-state index is 0.582. The highest BCUT2D eigenvalue weighted by atomic mass is 32.1. The van der Waals surface area contributed by atoms with E-state index in [-0.39, 0.29) is 0 Å². The summed E-state index contributed by atoms with van der Waals surface area (Å²) < 4.78 is 0. The van der Waals surface area contributed by atoms with Crippen LogP contribution in [0, 0.1) is 0 Å². The topological polar surface area (TPSA) is 55.0 Å². The van der Waals surface area contributed by atoms with Gasteiger partial charge in [0.2, 0.25) is 0 Å². The zero-order valence-corrected chi connectivity index (χ0v) is 11.7. The maximum Gasteiger partial charge on any atom is 0.151 e. The number of thiophene rings is 1. The molecular formula is C15H14N4S. The summed E-state index contributed by atoms with van der Waals surface area (Å²) in [6, 6.07) is 10.5. The van der Waals surface area contributed by atoms with Crippen molar-refractivity contribution in [1.29, 1.82) is 0 Å². The fraction of sp³-hybridized carbons (Fsp3) is 0.200. The van der Waals surface area contributed by atoms with Gasteiger partial charge in [0.05, 0.1) is 11.9 Å². The Balaban J connectivity index is 1.68. The quantitative estimate of drug-likeness (QED) is 0.785. The van der Waals surface area contributed by atoms with Gasteiger partial charge in [-0.3, -0.25) is 0 Å². The number of nitrogens with zero attached hydrogens (tertiary/aromatic N) is 3. The van der Waals surface area contributed by atoms with Crippen LogP contribution in [0.5, 0.6) is 0 Å². The molecule has 1 aliphatic heterocycles. The Morgan fingerprint density at radius 2 is 2.10 bits per heavy atom. The minimum Gasteiger partial charge on any atom is -0.383 e. The van der Waals surface area contributed by atoms with E-state index in [2.05, 4.69) is 39.1 Å². The molecule has 1 aromatic carbocycles. The van der Waals surface area contributed by atoms with Crippen molar-refractivity contribution in [2.75, 3.05) is 17.2 Å². The van der Waals surface area contributed by atoms with Gasteiger partial charge in [0, 0.05) is 12.2 Å². The molecule has 5 heteroatoms. The molecule has 0 unspecified atom stereocenters. The van der Waals surface area contributed by atoms with Crippen molar-refractivity contribution >= 4 is 33.1 Å².